The zero-order valence-electron chi connectivity index (χ0n) is 12.4. The fourth-order valence-corrected chi connectivity index (χ4v) is 2.87. The molecule has 2 rings (SSSR count). The zero-order valence-corrected chi connectivity index (χ0v) is 14.6. The van der Waals surface area contributed by atoms with E-state index in [-0.39, 0.29) is 21.2 Å². The van der Waals surface area contributed by atoms with Crippen LogP contribution in [0.1, 0.15) is 5.56 Å². The summed E-state index contributed by atoms with van der Waals surface area (Å²) >= 11 is -0.234. The largest absolute Gasteiger partial charge is 0.542 e. The van der Waals surface area contributed by atoms with Crippen molar-refractivity contribution in [3.8, 4) is 15.6 Å². The van der Waals surface area contributed by atoms with Gasteiger partial charge in [-0.2, -0.15) is 13.2 Å². The standard InChI is InChI=1S/C15H12IO.C2HF3O2/c1-17-15-10-6-5-7-13(15)11-12-16-14-8-3-2-4-9-14;3-2(4,5)1(6)7/h2-10H,1H3;(H,6,7)/q+1;/p-1. The molecule has 3 nitrogen and oxygen atoms in total. The number of ether oxygens (including phenoxy) is 1. The Kier molecular flexibility index (Phi) is 8.12. The van der Waals surface area contributed by atoms with E-state index in [0.717, 1.165) is 11.3 Å². The van der Waals surface area contributed by atoms with Crippen LogP contribution in [0.4, 0.5) is 13.2 Å². The Morgan fingerprint density at radius 2 is 1.62 bits per heavy atom. The minimum absolute atomic E-state index is 0.234. The number of carboxylic acid groups (broad SMARTS) is 1. The smallest absolute Gasteiger partial charge is 0.430 e. The van der Waals surface area contributed by atoms with Crippen molar-refractivity contribution in [2.24, 2.45) is 0 Å². The molecule has 0 spiro atoms. The Hall–Kier alpha value is -2.21. The van der Waals surface area contributed by atoms with Gasteiger partial charge < -0.3 is 14.6 Å². The maximum Gasteiger partial charge on any atom is 0.430 e. The summed E-state index contributed by atoms with van der Waals surface area (Å²) in [6.07, 6.45) is -5.19. The van der Waals surface area contributed by atoms with Crippen LogP contribution in [0.25, 0.3) is 0 Å². The first-order valence-corrected chi connectivity index (χ1v) is 8.61. The van der Waals surface area contributed by atoms with E-state index >= 15 is 0 Å². The third-order valence-electron chi connectivity index (χ3n) is 2.41. The molecule has 24 heavy (non-hydrogen) atoms. The second-order valence-corrected chi connectivity index (χ2v) is 6.42. The summed E-state index contributed by atoms with van der Waals surface area (Å²) in [5.41, 5.74) is 0.964. The second kappa shape index (κ2) is 9.82. The summed E-state index contributed by atoms with van der Waals surface area (Å²) in [5, 5.41) is 8.78. The zero-order chi connectivity index (χ0) is 18.0. The lowest BCUT2D eigenvalue weighted by atomic mass is 10.2. The van der Waals surface area contributed by atoms with Crippen LogP contribution in [0.3, 0.4) is 0 Å². The van der Waals surface area contributed by atoms with E-state index in [9.17, 15) is 13.2 Å². The van der Waals surface area contributed by atoms with Gasteiger partial charge in [-0.1, -0.05) is 30.3 Å². The van der Waals surface area contributed by atoms with Crippen molar-refractivity contribution in [1.29, 1.82) is 0 Å². The number of aliphatic carboxylic acids is 1. The van der Waals surface area contributed by atoms with Crippen LogP contribution in [0.5, 0.6) is 5.75 Å². The number of carbonyl (C=O) groups is 1. The number of carbonyl (C=O) groups excluding carboxylic acids is 1. The maximum atomic E-state index is 10.5. The SMILES string of the molecule is COc1ccccc1C#C[I+]c1ccccc1.O=C([O-])C(F)(F)F. The van der Waals surface area contributed by atoms with Crippen molar-refractivity contribution in [3.63, 3.8) is 0 Å². The van der Waals surface area contributed by atoms with E-state index < -0.39 is 12.1 Å². The molecule has 0 aliphatic rings. The normalized spacial score (nSPS) is 9.83. The molecule has 0 aliphatic carbocycles. The quantitative estimate of drug-likeness (QED) is 0.450. The number of methoxy groups -OCH3 is 1. The van der Waals surface area contributed by atoms with Crippen molar-refractivity contribution in [1.82, 2.24) is 0 Å². The Balaban J connectivity index is 0.000000351. The van der Waals surface area contributed by atoms with Gasteiger partial charge in [0.05, 0.1) is 12.7 Å². The summed E-state index contributed by atoms with van der Waals surface area (Å²) in [7, 11) is 1.67. The molecule has 2 aromatic carbocycles. The lowest BCUT2D eigenvalue weighted by Crippen LogP contribution is -3.59. The monoisotopic (exact) mass is 448 g/mol. The van der Waals surface area contributed by atoms with Crippen molar-refractivity contribution in [2.75, 3.05) is 7.11 Å². The molecule has 0 amide bonds. The molecule has 0 radical (unpaired) electrons. The highest BCUT2D eigenvalue weighted by atomic mass is 127. The maximum absolute atomic E-state index is 10.5. The van der Waals surface area contributed by atoms with Crippen LogP contribution >= 0.6 is 0 Å². The van der Waals surface area contributed by atoms with E-state index in [2.05, 4.69) is 34.1 Å². The number of hydrogen-bond acceptors (Lipinski definition) is 3. The third kappa shape index (κ3) is 7.37. The van der Waals surface area contributed by atoms with Gasteiger partial charge in [-0.3, -0.25) is 0 Å². The Morgan fingerprint density at radius 3 is 2.17 bits per heavy atom. The number of alkyl halides is 3. The molecule has 0 aliphatic heterocycles. The first kappa shape index (κ1) is 19.8. The van der Waals surface area contributed by atoms with Crippen LogP contribution in [0, 0.1) is 13.4 Å². The summed E-state index contributed by atoms with van der Waals surface area (Å²) in [6.45, 7) is 0. The number of halogens is 4. The third-order valence-corrected chi connectivity index (χ3v) is 4.29. The lowest BCUT2D eigenvalue weighted by molar-refractivity contribution is -0.535. The number of carboxylic acids is 1. The van der Waals surface area contributed by atoms with Crippen LogP contribution < -0.4 is 31.0 Å². The first-order valence-electron chi connectivity index (χ1n) is 6.45. The van der Waals surface area contributed by atoms with Gasteiger partial charge in [0, 0.05) is 0 Å². The molecule has 0 atom stereocenters. The molecule has 0 bridgehead atoms. The molecule has 0 N–H and O–H groups in total. The van der Waals surface area contributed by atoms with Gasteiger partial charge in [0.2, 0.25) is 3.57 Å². The van der Waals surface area contributed by atoms with Crippen molar-refractivity contribution in [2.45, 2.75) is 6.18 Å². The summed E-state index contributed by atoms with van der Waals surface area (Å²) < 4.78 is 41.4. The predicted octanol–water partition coefficient (Wildman–Crippen LogP) is -0.738. The van der Waals surface area contributed by atoms with E-state index in [1.165, 1.54) is 3.57 Å². The number of benzene rings is 2. The summed E-state index contributed by atoms with van der Waals surface area (Å²) in [6, 6.07) is 18.3. The number of hydrogen-bond donors (Lipinski definition) is 0. The predicted molar refractivity (Wildman–Crippen MR) is 76.1 cm³/mol. The van der Waals surface area contributed by atoms with Gasteiger partial charge in [-0.25, -0.2) is 0 Å². The summed E-state index contributed by atoms with van der Waals surface area (Å²) in [5.74, 6) is 1.02. The van der Waals surface area contributed by atoms with Gasteiger partial charge in [0.15, 0.2) is 3.93 Å². The van der Waals surface area contributed by atoms with E-state index in [4.69, 9.17) is 14.6 Å². The first-order chi connectivity index (χ1) is 11.3. The number of para-hydroxylation sites is 1. The minimum atomic E-state index is -5.19. The highest BCUT2D eigenvalue weighted by Gasteiger charge is 2.28. The van der Waals surface area contributed by atoms with Crippen LogP contribution in [0.2, 0.25) is 0 Å². The highest BCUT2D eigenvalue weighted by molar-refractivity contribution is 5.70. The van der Waals surface area contributed by atoms with Crippen molar-refractivity contribution >= 4 is 5.97 Å². The lowest BCUT2D eigenvalue weighted by Gasteiger charge is -2.03. The number of rotatable bonds is 2. The molecule has 2 aromatic rings. The van der Waals surface area contributed by atoms with Gasteiger partial charge in [-0.15, -0.1) is 0 Å². The fourth-order valence-electron chi connectivity index (χ4n) is 1.35. The highest BCUT2D eigenvalue weighted by Crippen LogP contribution is 2.15. The molecule has 7 heteroatoms. The Morgan fingerprint density at radius 1 is 1.08 bits per heavy atom. The second-order valence-electron chi connectivity index (χ2n) is 4.10. The van der Waals surface area contributed by atoms with E-state index in [1.54, 1.807) is 7.11 Å². The molecule has 126 valence electrons. The average Bonchev–Trinajstić information content (AvgIpc) is 2.56. The Labute approximate surface area is 147 Å². The van der Waals surface area contributed by atoms with E-state index in [1.807, 2.05) is 30.3 Å². The van der Waals surface area contributed by atoms with Gasteiger partial charge in [0.1, 0.15) is 11.7 Å². The van der Waals surface area contributed by atoms with Gasteiger partial charge >= 0.3 is 27.4 Å². The molecule has 0 saturated carbocycles. The molecule has 0 aromatic heterocycles. The molecule has 0 unspecified atom stereocenters. The molecule has 0 fully saturated rings. The molecular weight excluding hydrogens is 436 g/mol. The minimum Gasteiger partial charge on any atom is -0.542 e. The van der Waals surface area contributed by atoms with Gasteiger partial charge in [-0.05, 0) is 30.2 Å². The molecule has 0 saturated heterocycles. The fraction of sp³-hybridized carbons (Fsp3) is 0.118. The Bertz CT molecular complexity index is 719. The molecular formula is C17H12F3IO3. The topological polar surface area (TPSA) is 49.4 Å². The van der Waals surface area contributed by atoms with E-state index in [0.29, 0.717) is 0 Å². The van der Waals surface area contributed by atoms with Crippen molar-refractivity contribution < 1.29 is 49.0 Å². The van der Waals surface area contributed by atoms with Crippen LogP contribution in [-0.2, 0) is 4.79 Å². The van der Waals surface area contributed by atoms with Crippen LogP contribution in [-0.4, -0.2) is 19.3 Å². The van der Waals surface area contributed by atoms with Gasteiger partial charge in [0.25, 0.3) is 0 Å². The molecule has 0 heterocycles. The van der Waals surface area contributed by atoms with Crippen molar-refractivity contribution in [3.05, 3.63) is 63.7 Å². The van der Waals surface area contributed by atoms with Crippen LogP contribution in [0.15, 0.2) is 54.6 Å². The summed E-state index contributed by atoms with van der Waals surface area (Å²) in [4.78, 5) is 8.78. The average molecular weight is 448 g/mol.